The molecule has 15 heteroatoms. The molecule has 1 aliphatic carbocycles. The third-order valence-corrected chi connectivity index (χ3v) is 9.89. The lowest BCUT2D eigenvalue weighted by atomic mass is 10.1. The second-order valence-electron chi connectivity index (χ2n) is 14.3. The standard InChI is InChI=1S/C40H49N9O6/c41-32(5-4-18-45-40(42)43)38(53)44-17-3-1-2-6-36(51)48-22-28-11-13-30(19-29(28)23-48)46-37(52)26-9-7-25(8-10-26)21-49(31-14-15-31)39(54)27-12-16-33-34(20-27)55-24-35(50)47-33/h7-13,16,19-20,31-32H,1-6,14-15,17-18,21-24,41H2,(H,44,53)(H,46,52)(H,47,50)(H4,42,43,45). The predicted octanol–water partition coefficient (Wildman–Crippen LogP) is 2.97. The Balaban J connectivity index is 0.921. The van der Waals surface area contributed by atoms with Crippen molar-refractivity contribution in [2.45, 2.75) is 83.1 Å². The van der Waals surface area contributed by atoms with Crippen molar-refractivity contribution in [3.8, 4) is 5.75 Å². The molecule has 3 aromatic rings. The number of hydrogen-bond acceptors (Lipinski definition) is 8. The summed E-state index contributed by atoms with van der Waals surface area (Å²) in [6.07, 6.45) is 5.65. The van der Waals surface area contributed by atoms with Crippen LogP contribution in [0.25, 0.3) is 0 Å². The quantitative estimate of drug-likeness (QED) is 0.0676. The molecule has 290 valence electrons. The maximum atomic E-state index is 13.5. The van der Waals surface area contributed by atoms with Gasteiger partial charge in [0.25, 0.3) is 17.7 Å². The summed E-state index contributed by atoms with van der Waals surface area (Å²) in [5.74, 6) is -0.233. The largest absolute Gasteiger partial charge is 0.482 e. The summed E-state index contributed by atoms with van der Waals surface area (Å²) in [4.78, 5) is 71.0. The summed E-state index contributed by atoms with van der Waals surface area (Å²) in [5, 5.41) is 8.57. The molecule has 1 atom stereocenters. The first-order valence-electron chi connectivity index (χ1n) is 18.8. The number of guanidine groups is 1. The van der Waals surface area contributed by atoms with E-state index in [0.29, 0.717) is 86.7 Å². The molecule has 1 saturated carbocycles. The van der Waals surface area contributed by atoms with Gasteiger partial charge in [0.1, 0.15) is 5.75 Å². The molecule has 3 aliphatic rings. The van der Waals surface area contributed by atoms with Gasteiger partial charge in [0.05, 0.1) is 11.7 Å². The molecule has 0 radical (unpaired) electrons. The number of benzene rings is 3. The number of anilines is 2. The van der Waals surface area contributed by atoms with Crippen LogP contribution in [0.3, 0.4) is 0 Å². The van der Waals surface area contributed by atoms with Gasteiger partial charge in [0.15, 0.2) is 12.6 Å². The molecular formula is C40H49N9O6. The fraction of sp³-hybridized carbons (Fsp3) is 0.400. The number of nitrogens with two attached hydrogens (primary N) is 3. The Morgan fingerprint density at radius 2 is 1.69 bits per heavy atom. The lowest BCUT2D eigenvalue weighted by Crippen LogP contribution is -2.41. The van der Waals surface area contributed by atoms with Crippen LogP contribution in [0, 0.1) is 0 Å². The fourth-order valence-electron chi connectivity index (χ4n) is 6.67. The molecule has 2 heterocycles. The number of carbonyl (C=O) groups is 5. The Hall–Kier alpha value is -5.96. The van der Waals surface area contributed by atoms with Crippen LogP contribution >= 0.6 is 0 Å². The molecule has 1 unspecified atom stereocenters. The van der Waals surface area contributed by atoms with Gasteiger partial charge in [-0.15, -0.1) is 0 Å². The highest BCUT2D eigenvalue weighted by atomic mass is 16.5. The number of nitrogens with one attached hydrogen (secondary N) is 3. The van der Waals surface area contributed by atoms with Gasteiger partial charge in [0.2, 0.25) is 11.8 Å². The van der Waals surface area contributed by atoms with Crippen LogP contribution in [0.5, 0.6) is 5.75 Å². The minimum absolute atomic E-state index is 0.0188. The normalized spacial score (nSPS) is 14.8. The summed E-state index contributed by atoms with van der Waals surface area (Å²) in [6.45, 7) is 2.26. The summed E-state index contributed by atoms with van der Waals surface area (Å²) in [7, 11) is 0. The van der Waals surface area contributed by atoms with Crippen LogP contribution < -0.4 is 37.9 Å². The van der Waals surface area contributed by atoms with E-state index in [4.69, 9.17) is 21.9 Å². The zero-order valence-electron chi connectivity index (χ0n) is 30.9. The Bertz CT molecular complexity index is 1940. The highest BCUT2D eigenvalue weighted by Gasteiger charge is 2.34. The van der Waals surface area contributed by atoms with E-state index in [1.54, 1.807) is 30.3 Å². The van der Waals surface area contributed by atoms with Gasteiger partial charge in [-0.25, -0.2) is 0 Å². The average Bonchev–Trinajstić information content (AvgIpc) is 3.93. The fourth-order valence-corrected chi connectivity index (χ4v) is 6.67. The molecular weight excluding hydrogens is 702 g/mol. The van der Waals surface area contributed by atoms with Gasteiger partial charge in [-0.05, 0) is 97.7 Å². The first-order valence-corrected chi connectivity index (χ1v) is 18.8. The lowest BCUT2D eigenvalue weighted by Gasteiger charge is -2.24. The lowest BCUT2D eigenvalue weighted by molar-refractivity contribution is -0.132. The monoisotopic (exact) mass is 751 g/mol. The van der Waals surface area contributed by atoms with E-state index in [0.717, 1.165) is 42.4 Å². The van der Waals surface area contributed by atoms with Gasteiger partial charge < -0.3 is 47.7 Å². The van der Waals surface area contributed by atoms with E-state index in [1.165, 1.54) is 0 Å². The molecule has 6 rings (SSSR count). The van der Waals surface area contributed by atoms with E-state index >= 15 is 0 Å². The number of rotatable bonds is 17. The maximum Gasteiger partial charge on any atom is 0.262 e. The topological polar surface area (TPSA) is 228 Å². The van der Waals surface area contributed by atoms with Gasteiger partial charge in [0, 0.05) is 62.0 Å². The highest BCUT2D eigenvalue weighted by Crippen LogP contribution is 2.33. The number of carbonyl (C=O) groups excluding carboxylic acids is 5. The van der Waals surface area contributed by atoms with E-state index < -0.39 is 6.04 Å². The zero-order chi connectivity index (χ0) is 38.9. The average molecular weight is 752 g/mol. The van der Waals surface area contributed by atoms with Crippen molar-refractivity contribution in [3.05, 3.63) is 88.5 Å². The molecule has 0 bridgehead atoms. The van der Waals surface area contributed by atoms with Crippen molar-refractivity contribution < 1.29 is 28.7 Å². The number of amides is 5. The maximum absolute atomic E-state index is 13.5. The molecule has 9 N–H and O–H groups in total. The Labute approximate surface area is 320 Å². The Morgan fingerprint density at radius 1 is 0.927 bits per heavy atom. The molecule has 55 heavy (non-hydrogen) atoms. The van der Waals surface area contributed by atoms with Gasteiger partial charge in [-0.1, -0.05) is 24.6 Å². The molecule has 0 aromatic heterocycles. The second-order valence-corrected chi connectivity index (χ2v) is 14.3. The van der Waals surface area contributed by atoms with Crippen molar-refractivity contribution in [3.63, 3.8) is 0 Å². The van der Waals surface area contributed by atoms with Crippen LogP contribution in [-0.4, -0.2) is 77.1 Å². The van der Waals surface area contributed by atoms with E-state index in [1.807, 2.05) is 40.1 Å². The molecule has 5 amide bonds. The molecule has 2 aliphatic heterocycles. The molecule has 1 fully saturated rings. The highest BCUT2D eigenvalue weighted by molar-refractivity contribution is 6.04. The minimum atomic E-state index is -0.612. The second kappa shape index (κ2) is 17.9. The Kier molecular flexibility index (Phi) is 12.6. The smallest absolute Gasteiger partial charge is 0.262 e. The zero-order valence-corrected chi connectivity index (χ0v) is 30.9. The predicted molar refractivity (Wildman–Crippen MR) is 208 cm³/mol. The van der Waals surface area contributed by atoms with E-state index in [2.05, 4.69) is 20.9 Å². The van der Waals surface area contributed by atoms with Crippen LogP contribution in [-0.2, 0) is 34.0 Å². The van der Waals surface area contributed by atoms with Gasteiger partial charge in [-0.2, -0.15) is 0 Å². The molecule has 3 aromatic carbocycles. The third-order valence-electron chi connectivity index (χ3n) is 9.89. The van der Waals surface area contributed by atoms with Crippen molar-refractivity contribution in [1.29, 1.82) is 0 Å². The first-order chi connectivity index (χ1) is 26.5. The number of hydrogen-bond donors (Lipinski definition) is 6. The molecule has 0 spiro atoms. The number of nitrogens with zero attached hydrogens (tertiary/aromatic N) is 3. The van der Waals surface area contributed by atoms with Gasteiger partial charge in [-0.3, -0.25) is 29.0 Å². The molecule has 0 saturated heterocycles. The first kappa shape index (κ1) is 38.8. The van der Waals surface area contributed by atoms with Crippen molar-refractivity contribution in [2.24, 2.45) is 22.2 Å². The van der Waals surface area contributed by atoms with E-state index in [9.17, 15) is 24.0 Å². The van der Waals surface area contributed by atoms with Crippen LogP contribution in [0.1, 0.15) is 88.8 Å². The number of aliphatic imine (C=N–C) groups is 1. The Morgan fingerprint density at radius 3 is 2.45 bits per heavy atom. The van der Waals surface area contributed by atoms with Gasteiger partial charge >= 0.3 is 0 Å². The number of ether oxygens (including phenoxy) is 1. The summed E-state index contributed by atoms with van der Waals surface area (Å²) >= 11 is 0. The molecule has 15 nitrogen and oxygen atoms in total. The van der Waals surface area contributed by atoms with Crippen molar-refractivity contribution in [2.75, 3.05) is 30.3 Å². The summed E-state index contributed by atoms with van der Waals surface area (Å²) < 4.78 is 5.51. The van der Waals surface area contributed by atoms with Crippen LogP contribution in [0.4, 0.5) is 11.4 Å². The number of fused-ring (bicyclic) bond motifs is 2. The van der Waals surface area contributed by atoms with E-state index in [-0.39, 0.29) is 48.1 Å². The third kappa shape index (κ3) is 10.6. The summed E-state index contributed by atoms with van der Waals surface area (Å²) in [6, 6.07) is 17.5. The van der Waals surface area contributed by atoms with Crippen LogP contribution in [0.2, 0.25) is 0 Å². The summed E-state index contributed by atoms with van der Waals surface area (Å²) in [5.41, 5.74) is 21.7. The SMILES string of the molecule is NC(N)=NCCCC(N)C(=O)NCCCCCC(=O)N1Cc2ccc(NC(=O)c3ccc(CN(C(=O)c4ccc5c(c4)OCC(=O)N5)C4CC4)cc3)cc2C1. The van der Waals surface area contributed by atoms with Crippen LogP contribution in [0.15, 0.2) is 65.7 Å². The van der Waals surface area contributed by atoms with Crippen molar-refractivity contribution in [1.82, 2.24) is 15.1 Å². The minimum Gasteiger partial charge on any atom is -0.482 e. The number of unbranched alkanes of at least 4 members (excludes halogenated alkanes) is 2. The van der Waals surface area contributed by atoms with Crippen molar-refractivity contribution >= 4 is 46.9 Å².